The maximum absolute atomic E-state index is 12.4. The second-order valence-electron chi connectivity index (χ2n) is 6.34. The van der Waals surface area contributed by atoms with E-state index in [-0.39, 0.29) is 11.9 Å². The molecule has 112 valence electrons. The molecule has 0 radical (unpaired) electrons. The third-order valence-electron chi connectivity index (χ3n) is 4.08. The minimum atomic E-state index is -0.426. The van der Waals surface area contributed by atoms with E-state index in [2.05, 4.69) is 23.5 Å². The van der Waals surface area contributed by atoms with Gasteiger partial charge in [-0.1, -0.05) is 29.8 Å². The maximum Gasteiger partial charge on any atom is 0.318 e. The molecule has 4 nitrogen and oxygen atoms in total. The molecule has 0 bridgehead atoms. The summed E-state index contributed by atoms with van der Waals surface area (Å²) in [5.41, 5.74) is 1.86. The standard InChI is InChI=1S/C17H23N3O/c1-13-6-8-15(9-7-13)17(2,3)19-16(21)20-10-4-5-14(11-18)12-20/h6-9,14H,4-5,10,12H2,1-3H3,(H,19,21)/t14-/m0/s1. The normalized spacial score (nSPS) is 19.0. The van der Waals surface area contributed by atoms with Gasteiger partial charge in [0.15, 0.2) is 0 Å². The molecule has 0 saturated carbocycles. The quantitative estimate of drug-likeness (QED) is 0.907. The summed E-state index contributed by atoms with van der Waals surface area (Å²) in [6.07, 6.45) is 1.79. The fourth-order valence-electron chi connectivity index (χ4n) is 2.66. The van der Waals surface area contributed by atoms with Crippen LogP contribution in [0.2, 0.25) is 0 Å². The number of nitrogens with zero attached hydrogens (tertiary/aromatic N) is 2. The molecule has 1 aromatic carbocycles. The Balaban J connectivity index is 2.04. The molecule has 1 N–H and O–H groups in total. The van der Waals surface area contributed by atoms with E-state index in [1.165, 1.54) is 5.56 Å². The predicted molar refractivity (Wildman–Crippen MR) is 82.6 cm³/mol. The number of aryl methyl sites for hydroxylation is 1. The fraction of sp³-hybridized carbons (Fsp3) is 0.529. The zero-order valence-corrected chi connectivity index (χ0v) is 13.0. The largest absolute Gasteiger partial charge is 0.329 e. The number of carbonyl (C=O) groups is 1. The lowest BCUT2D eigenvalue weighted by atomic mass is 9.93. The Morgan fingerprint density at radius 3 is 2.67 bits per heavy atom. The van der Waals surface area contributed by atoms with Gasteiger partial charge in [-0.2, -0.15) is 5.26 Å². The van der Waals surface area contributed by atoms with Crippen molar-refractivity contribution < 1.29 is 4.79 Å². The van der Waals surface area contributed by atoms with Crippen molar-refractivity contribution in [1.82, 2.24) is 10.2 Å². The topological polar surface area (TPSA) is 56.1 Å². The molecule has 0 unspecified atom stereocenters. The van der Waals surface area contributed by atoms with Crippen LogP contribution in [-0.4, -0.2) is 24.0 Å². The highest BCUT2D eigenvalue weighted by molar-refractivity contribution is 5.75. The van der Waals surface area contributed by atoms with Crippen molar-refractivity contribution in [3.8, 4) is 6.07 Å². The van der Waals surface area contributed by atoms with Crippen molar-refractivity contribution in [3.63, 3.8) is 0 Å². The molecular weight excluding hydrogens is 262 g/mol. The number of hydrogen-bond acceptors (Lipinski definition) is 2. The van der Waals surface area contributed by atoms with Gasteiger partial charge >= 0.3 is 6.03 Å². The molecule has 2 rings (SSSR count). The molecular formula is C17H23N3O. The lowest BCUT2D eigenvalue weighted by Gasteiger charge is -2.34. The van der Waals surface area contributed by atoms with Crippen LogP contribution in [-0.2, 0) is 5.54 Å². The van der Waals surface area contributed by atoms with E-state index in [0.29, 0.717) is 6.54 Å². The number of hydrogen-bond donors (Lipinski definition) is 1. The Morgan fingerprint density at radius 2 is 2.05 bits per heavy atom. The highest BCUT2D eigenvalue weighted by Crippen LogP contribution is 2.22. The molecule has 1 aliphatic rings. The predicted octanol–water partition coefficient (Wildman–Crippen LogP) is 3.18. The van der Waals surface area contributed by atoms with Crippen LogP contribution in [0.25, 0.3) is 0 Å². The summed E-state index contributed by atoms with van der Waals surface area (Å²) in [5.74, 6) is -0.0352. The Kier molecular flexibility index (Phi) is 4.52. The Bertz CT molecular complexity index is 542. The Labute approximate surface area is 126 Å². The molecule has 1 aromatic rings. The van der Waals surface area contributed by atoms with Crippen LogP contribution >= 0.6 is 0 Å². The zero-order valence-electron chi connectivity index (χ0n) is 13.0. The summed E-state index contributed by atoms with van der Waals surface area (Å²) in [7, 11) is 0. The highest BCUT2D eigenvalue weighted by atomic mass is 16.2. The van der Waals surface area contributed by atoms with Gasteiger partial charge < -0.3 is 10.2 Å². The number of piperidine rings is 1. The second kappa shape index (κ2) is 6.17. The minimum Gasteiger partial charge on any atom is -0.329 e. The summed E-state index contributed by atoms with van der Waals surface area (Å²) >= 11 is 0. The van der Waals surface area contributed by atoms with Gasteiger partial charge in [-0.3, -0.25) is 0 Å². The number of carbonyl (C=O) groups excluding carboxylic acids is 1. The van der Waals surface area contributed by atoms with E-state index in [0.717, 1.165) is 24.9 Å². The molecule has 1 atom stereocenters. The van der Waals surface area contributed by atoms with Gasteiger partial charge in [0.1, 0.15) is 0 Å². The molecule has 1 saturated heterocycles. The van der Waals surface area contributed by atoms with Gasteiger partial charge in [0.05, 0.1) is 17.5 Å². The van der Waals surface area contributed by atoms with Gasteiger partial charge in [-0.05, 0) is 39.2 Å². The van der Waals surface area contributed by atoms with Crippen LogP contribution in [0.5, 0.6) is 0 Å². The van der Waals surface area contributed by atoms with E-state index >= 15 is 0 Å². The van der Waals surface area contributed by atoms with E-state index in [9.17, 15) is 4.79 Å². The monoisotopic (exact) mass is 285 g/mol. The van der Waals surface area contributed by atoms with E-state index in [1.54, 1.807) is 4.90 Å². The second-order valence-corrected chi connectivity index (χ2v) is 6.34. The average Bonchev–Trinajstić information content (AvgIpc) is 2.47. The first kappa shape index (κ1) is 15.4. The van der Waals surface area contributed by atoms with Crippen LogP contribution in [0.1, 0.15) is 37.8 Å². The highest BCUT2D eigenvalue weighted by Gasteiger charge is 2.28. The number of rotatable bonds is 2. The molecule has 1 heterocycles. The lowest BCUT2D eigenvalue weighted by molar-refractivity contribution is 0.166. The SMILES string of the molecule is Cc1ccc(C(C)(C)NC(=O)N2CCC[C@@H](C#N)C2)cc1. The lowest BCUT2D eigenvalue weighted by Crippen LogP contribution is -2.51. The minimum absolute atomic E-state index is 0.0352. The molecule has 0 aromatic heterocycles. The van der Waals surface area contributed by atoms with Gasteiger partial charge in [0.2, 0.25) is 0 Å². The Morgan fingerprint density at radius 1 is 1.38 bits per heavy atom. The number of benzene rings is 1. The van der Waals surface area contributed by atoms with Gasteiger partial charge in [-0.25, -0.2) is 4.79 Å². The van der Waals surface area contributed by atoms with Gasteiger partial charge in [0.25, 0.3) is 0 Å². The van der Waals surface area contributed by atoms with Crippen LogP contribution in [0.3, 0.4) is 0 Å². The third-order valence-corrected chi connectivity index (χ3v) is 4.08. The first-order valence-corrected chi connectivity index (χ1v) is 7.46. The number of likely N-dealkylation sites (tertiary alicyclic amines) is 1. The van der Waals surface area contributed by atoms with Crippen molar-refractivity contribution in [1.29, 1.82) is 5.26 Å². The number of amides is 2. The third kappa shape index (κ3) is 3.75. The van der Waals surface area contributed by atoms with Gasteiger partial charge in [-0.15, -0.1) is 0 Å². The molecule has 0 aliphatic carbocycles. The van der Waals surface area contributed by atoms with E-state index in [1.807, 2.05) is 32.9 Å². The number of nitrogens with one attached hydrogen (secondary N) is 1. The average molecular weight is 285 g/mol. The van der Waals surface area contributed by atoms with Crippen molar-refractivity contribution in [2.45, 2.75) is 39.2 Å². The molecule has 4 heteroatoms. The summed E-state index contributed by atoms with van der Waals surface area (Å²) < 4.78 is 0. The van der Waals surface area contributed by atoms with E-state index in [4.69, 9.17) is 5.26 Å². The summed E-state index contributed by atoms with van der Waals surface area (Å²) in [5, 5.41) is 12.1. The summed E-state index contributed by atoms with van der Waals surface area (Å²) in [6.45, 7) is 7.31. The fourth-order valence-corrected chi connectivity index (χ4v) is 2.66. The number of nitriles is 1. The molecule has 1 fully saturated rings. The molecule has 21 heavy (non-hydrogen) atoms. The molecule has 2 amide bonds. The van der Waals surface area contributed by atoms with Crippen molar-refractivity contribution in [3.05, 3.63) is 35.4 Å². The summed E-state index contributed by atoms with van der Waals surface area (Å²) in [4.78, 5) is 14.2. The molecule has 0 spiro atoms. The van der Waals surface area contributed by atoms with E-state index < -0.39 is 5.54 Å². The van der Waals surface area contributed by atoms with Crippen molar-refractivity contribution in [2.24, 2.45) is 5.92 Å². The smallest absolute Gasteiger partial charge is 0.318 e. The molecule has 1 aliphatic heterocycles. The van der Waals surface area contributed by atoms with Crippen LogP contribution in [0.4, 0.5) is 4.79 Å². The first-order valence-electron chi connectivity index (χ1n) is 7.46. The zero-order chi connectivity index (χ0) is 15.5. The van der Waals surface area contributed by atoms with Crippen LogP contribution in [0.15, 0.2) is 24.3 Å². The Hall–Kier alpha value is -2.02. The first-order chi connectivity index (χ1) is 9.92. The van der Waals surface area contributed by atoms with Crippen molar-refractivity contribution in [2.75, 3.05) is 13.1 Å². The van der Waals surface area contributed by atoms with Gasteiger partial charge in [0, 0.05) is 13.1 Å². The van der Waals surface area contributed by atoms with Crippen molar-refractivity contribution >= 4 is 6.03 Å². The van der Waals surface area contributed by atoms with Crippen LogP contribution < -0.4 is 5.32 Å². The maximum atomic E-state index is 12.4. The van der Waals surface area contributed by atoms with Crippen LogP contribution in [0, 0.1) is 24.2 Å². The number of urea groups is 1. The summed E-state index contributed by atoms with van der Waals surface area (Å²) in [6, 6.07) is 10.4.